The van der Waals surface area contributed by atoms with Gasteiger partial charge in [-0.2, -0.15) is 0 Å². The number of carboxylic acid groups (broad SMARTS) is 1. The predicted octanol–water partition coefficient (Wildman–Crippen LogP) is 6.74. The van der Waals surface area contributed by atoms with Crippen LogP contribution in [-0.2, 0) is 27.2 Å². The van der Waals surface area contributed by atoms with Gasteiger partial charge in [0.15, 0.2) is 6.61 Å². The van der Waals surface area contributed by atoms with Crippen LogP contribution >= 0.6 is 0 Å². The van der Waals surface area contributed by atoms with E-state index >= 15 is 0 Å². The third-order valence-corrected chi connectivity index (χ3v) is 8.95. The summed E-state index contributed by atoms with van der Waals surface area (Å²) in [7, 11) is 0. The lowest BCUT2D eigenvalue weighted by molar-refractivity contribution is -0.154. The molecule has 0 heterocycles. The molecule has 0 aliphatic heterocycles. The monoisotopic (exact) mass is 530 g/mol. The SMILES string of the molecule is CCCCCCCCC[C@@H](CC[C@@H]1[C@H]2Cc3cccc(OCC(=O)O)c3C[C@H]2C[C@H]1O)OC(=O)[C@@H](C)CC. The van der Waals surface area contributed by atoms with Crippen LogP contribution < -0.4 is 4.74 Å². The van der Waals surface area contributed by atoms with Gasteiger partial charge in [-0.1, -0.05) is 71.4 Å². The minimum atomic E-state index is -0.979. The maximum absolute atomic E-state index is 12.6. The van der Waals surface area contributed by atoms with Gasteiger partial charge in [-0.15, -0.1) is 0 Å². The van der Waals surface area contributed by atoms with Gasteiger partial charge in [0, 0.05) is 0 Å². The summed E-state index contributed by atoms with van der Waals surface area (Å²) in [6, 6.07) is 5.90. The molecule has 38 heavy (non-hydrogen) atoms. The summed E-state index contributed by atoms with van der Waals surface area (Å²) in [5, 5.41) is 20.1. The van der Waals surface area contributed by atoms with Crippen LogP contribution in [-0.4, -0.2) is 41.0 Å². The van der Waals surface area contributed by atoms with Gasteiger partial charge in [0.05, 0.1) is 12.0 Å². The first-order chi connectivity index (χ1) is 18.3. The highest BCUT2D eigenvalue weighted by Crippen LogP contribution is 2.48. The second-order valence-electron chi connectivity index (χ2n) is 11.7. The van der Waals surface area contributed by atoms with Crippen LogP contribution in [0.1, 0.15) is 109 Å². The maximum Gasteiger partial charge on any atom is 0.341 e. The van der Waals surface area contributed by atoms with Crippen molar-refractivity contribution in [2.24, 2.45) is 23.7 Å². The van der Waals surface area contributed by atoms with Gasteiger partial charge in [0.1, 0.15) is 11.9 Å². The Morgan fingerprint density at radius 1 is 1.03 bits per heavy atom. The quantitative estimate of drug-likeness (QED) is 0.171. The Bertz CT molecular complexity index is 883. The molecule has 2 aliphatic rings. The lowest BCUT2D eigenvalue weighted by atomic mass is 9.73. The van der Waals surface area contributed by atoms with E-state index in [0.717, 1.165) is 56.9 Å². The lowest BCUT2D eigenvalue weighted by Crippen LogP contribution is -2.29. The molecule has 6 atom stereocenters. The lowest BCUT2D eigenvalue weighted by Gasteiger charge is -2.33. The summed E-state index contributed by atoms with van der Waals surface area (Å²) >= 11 is 0. The number of ether oxygens (including phenoxy) is 2. The number of carboxylic acids is 1. The summed E-state index contributed by atoms with van der Waals surface area (Å²) < 4.78 is 11.6. The molecule has 1 aromatic rings. The number of hydrogen-bond donors (Lipinski definition) is 2. The molecule has 2 aliphatic carbocycles. The van der Waals surface area contributed by atoms with Crippen molar-refractivity contribution < 1.29 is 29.3 Å². The summed E-state index contributed by atoms with van der Waals surface area (Å²) in [6.07, 6.45) is 14.0. The van der Waals surface area contributed by atoms with Crippen molar-refractivity contribution in [3.8, 4) is 5.75 Å². The molecule has 0 bridgehead atoms. The fraction of sp³-hybridized carbons (Fsp3) is 0.750. The molecule has 0 amide bonds. The Morgan fingerprint density at radius 3 is 2.47 bits per heavy atom. The molecule has 1 aromatic carbocycles. The van der Waals surface area contributed by atoms with E-state index in [1.807, 2.05) is 26.0 Å². The molecule has 1 saturated carbocycles. The van der Waals surface area contributed by atoms with Crippen molar-refractivity contribution in [1.82, 2.24) is 0 Å². The summed E-state index contributed by atoms with van der Waals surface area (Å²) in [5.74, 6) is 0.445. The highest BCUT2D eigenvalue weighted by atomic mass is 16.5. The third-order valence-electron chi connectivity index (χ3n) is 8.95. The number of esters is 1. The number of benzene rings is 1. The molecular formula is C32H50O6. The van der Waals surface area contributed by atoms with Crippen LogP contribution in [0.15, 0.2) is 18.2 Å². The van der Waals surface area contributed by atoms with E-state index in [1.165, 1.54) is 44.1 Å². The number of rotatable bonds is 17. The van der Waals surface area contributed by atoms with E-state index in [2.05, 4.69) is 13.0 Å². The van der Waals surface area contributed by atoms with E-state index in [4.69, 9.17) is 14.6 Å². The van der Waals surface area contributed by atoms with E-state index < -0.39 is 5.97 Å². The molecule has 6 heteroatoms. The van der Waals surface area contributed by atoms with Gasteiger partial charge < -0.3 is 19.7 Å². The van der Waals surface area contributed by atoms with Crippen molar-refractivity contribution in [1.29, 1.82) is 0 Å². The predicted molar refractivity (Wildman–Crippen MR) is 149 cm³/mol. The Morgan fingerprint density at radius 2 is 1.76 bits per heavy atom. The fourth-order valence-corrected chi connectivity index (χ4v) is 6.50. The van der Waals surface area contributed by atoms with Crippen LogP contribution in [0.4, 0.5) is 0 Å². The second kappa shape index (κ2) is 15.5. The van der Waals surface area contributed by atoms with Gasteiger partial charge in [-0.05, 0) is 86.3 Å². The average Bonchev–Trinajstić information content (AvgIpc) is 3.21. The highest BCUT2D eigenvalue weighted by molar-refractivity contribution is 5.72. The van der Waals surface area contributed by atoms with Gasteiger partial charge in [0.2, 0.25) is 0 Å². The molecule has 0 saturated heterocycles. The van der Waals surface area contributed by atoms with Crippen molar-refractivity contribution in [2.75, 3.05) is 6.61 Å². The second-order valence-corrected chi connectivity index (χ2v) is 11.7. The van der Waals surface area contributed by atoms with Crippen molar-refractivity contribution in [3.05, 3.63) is 29.3 Å². The number of carbonyl (C=O) groups excluding carboxylic acids is 1. The Kier molecular flexibility index (Phi) is 12.4. The molecule has 2 N–H and O–H groups in total. The van der Waals surface area contributed by atoms with Crippen molar-refractivity contribution in [3.63, 3.8) is 0 Å². The van der Waals surface area contributed by atoms with Crippen molar-refractivity contribution in [2.45, 2.75) is 123 Å². The Hall–Kier alpha value is -2.08. The van der Waals surface area contributed by atoms with Gasteiger partial charge in [0.25, 0.3) is 0 Å². The van der Waals surface area contributed by atoms with E-state index in [0.29, 0.717) is 17.6 Å². The molecule has 0 aromatic heterocycles. The number of hydrogen-bond acceptors (Lipinski definition) is 5. The number of aliphatic hydroxyl groups excluding tert-OH is 1. The van der Waals surface area contributed by atoms with Gasteiger partial charge >= 0.3 is 11.9 Å². The van der Waals surface area contributed by atoms with Crippen molar-refractivity contribution >= 4 is 11.9 Å². The molecule has 0 spiro atoms. The Labute approximate surface area is 229 Å². The van der Waals surface area contributed by atoms with Crippen LogP contribution in [0, 0.1) is 23.7 Å². The molecule has 0 radical (unpaired) electrons. The number of fused-ring (bicyclic) bond motifs is 2. The molecular weight excluding hydrogens is 480 g/mol. The standard InChI is InChI=1S/C32H50O6/c1-4-6-7-8-9-10-11-14-25(38-32(36)22(3)5-2)16-17-26-27-18-23-13-12-15-30(37-21-31(34)35)28(23)19-24(27)20-29(26)33/h12-13,15,22,24-27,29,33H,4-11,14,16-21H2,1-3H3,(H,34,35)/t22-,24-,25-,26+,27-,29+/m0/s1. The minimum Gasteiger partial charge on any atom is -0.482 e. The summed E-state index contributed by atoms with van der Waals surface area (Å²) in [6.45, 7) is 5.85. The van der Waals surface area contributed by atoms with Crippen LogP contribution in [0.3, 0.4) is 0 Å². The molecule has 3 rings (SSSR count). The highest BCUT2D eigenvalue weighted by Gasteiger charge is 2.45. The topological polar surface area (TPSA) is 93.1 Å². The van der Waals surface area contributed by atoms with E-state index in [1.54, 1.807) is 0 Å². The number of carbonyl (C=O) groups is 2. The Balaban J connectivity index is 1.59. The summed E-state index contributed by atoms with van der Waals surface area (Å²) in [4.78, 5) is 23.6. The normalized spacial score (nSPS) is 23.8. The zero-order chi connectivity index (χ0) is 27.5. The van der Waals surface area contributed by atoms with Crippen LogP contribution in [0.2, 0.25) is 0 Å². The number of aliphatic carboxylic acids is 1. The summed E-state index contributed by atoms with van der Waals surface area (Å²) in [5.41, 5.74) is 2.30. The number of unbranched alkanes of at least 4 members (excludes halogenated alkanes) is 6. The average molecular weight is 531 g/mol. The molecule has 6 nitrogen and oxygen atoms in total. The van der Waals surface area contributed by atoms with Crippen LogP contribution in [0.25, 0.3) is 0 Å². The zero-order valence-corrected chi connectivity index (χ0v) is 23.8. The zero-order valence-electron chi connectivity index (χ0n) is 23.8. The van der Waals surface area contributed by atoms with E-state index in [-0.39, 0.29) is 36.6 Å². The smallest absolute Gasteiger partial charge is 0.341 e. The first-order valence-electron chi connectivity index (χ1n) is 15.2. The first-order valence-corrected chi connectivity index (χ1v) is 15.2. The van der Waals surface area contributed by atoms with Gasteiger partial charge in [-0.3, -0.25) is 4.79 Å². The fourth-order valence-electron chi connectivity index (χ4n) is 6.50. The van der Waals surface area contributed by atoms with Crippen LogP contribution in [0.5, 0.6) is 5.75 Å². The largest absolute Gasteiger partial charge is 0.482 e. The van der Waals surface area contributed by atoms with Gasteiger partial charge in [-0.25, -0.2) is 4.79 Å². The minimum absolute atomic E-state index is 0.0784. The molecule has 0 unspecified atom stereocenters. The third kappa shape index (κ3) is 8.72. The van der Waals surface area contributed by atoms with E-state index in [9.17, 15) is 14.7 Å². The maximum atomic E-state index is 12.6. The first kappa shape index (κ1) is 30.5. The molecule has 214 valence electrons. The number of aliphatic hydroxyl groups is 1. The molecule has 1 fully saturated rings.